The zero-order valence-electron chi connectivity index (χ0n) is 16.2. The highest BCUT2D eigenvalue weighted by Crippen LogP contribution is 2.37. The molecule has 0 aliphatic heterocycles. The summed E-state index contributed by atoms with van der Waals surface area (Å²) in [6, 6.07) is 12.3. The van der Waals surface area contributed by atoms with Gasteiger partial charge in [-0.1, -0.05) is 30.3 Å². The second kappa shape index (κ2) is 9.96. The molecule has 0 radical (unpaired) electrons. The number of hydrogen-bond donors (Lipinski definition) is 2. The molecule has 148 valence electrons. The second-order valence-electron chi connectivity index (χ2n) is 5.76. The molecule has 0 saturated heterocycles. The SMILES string of the molecule is COc1cc(/C=N/NC(=O)C(=O)NC(C)c2ccccc2)cc(OC)c1OC. The topological polar surface area (TPSA) is 98.2 Å². The number of hydrazone groups is 1. The molecule has 1 unspecified atom stereocenters. The minimum atomic E-state index is -0.869. The summed E-state index contributed by atoms with van der Waals surface area (Å²) in [7, 11) is 4.50. The molecule has 2 aromatic carbocycles. The van der Waals surface area contributed by atoms with Crippen molar-refractivity contribution >= 4 is 18.0 Å². The number of carbonyl (C=O) groups excluding carboxylic acids is 2. The van der Waals surface area contributed by atoms with Crippen molar-refractivity contribution in [2.45, 2.75) is 13.0 Å². The van der Waals surface area contributed by atoms with Gasteiger partial charge >= 0.3 is 11.8 Å². The smallest absolute Gasteiger partial charge is 0.329 e. The van der Waals surface area contributed by atoms with E-state index in [1.807, 2.05) is 30.3 Å². The van der Waals surface area contributed by atoms with Crippen LogP contribution in [0.5, 0.6) is 17.2 Å². The molecule has 2 N–H and O–H groups in total. The molecule has 2 rings (SSSR count). The number of carbonyl (C=O) groups is 2. The highest BCUT2D eigenvalue weighted by Gasteiger charge is 2.16. The standard InChI is InChI=1S/C20H23N3O5/c1-13(15-8-6-5-7-9-15)22-19(24)20(25)23-21-12-14-10-16(26-2)18(28-4)17(11-14)27-3/h5-13H,1-4H3,(H,22,24)(H,23,25)/b21-12+. The van der Waals surface area contributed by atoms with E-state index < -0.39 is 11.8 Å². The van der Waals surface area contributed by atoms with Gasteiger partial charge in [-0.05, 0) is 24.6 Å². The Morgan fingerprint density at radius 2 is 1.57 bits per heavy atom. The molecule has 0 aliphatic carbocycles. The molecule has 0 aromatic heterocycles. The molecule has 0 spiro atoms. The average molecular weight is 385 g/mol. The fourth-order valence-electron chi connectivity index (χ4n) is 2.48. The Hall–Kier alpha value is -3.55. The molecule has 8 nitrogen and oxygen atoms in total. The van der Waals surface area contributed by atoms with Crippen molar-refractivity contribution in [3.63, 3.8) is 0 Å². The van der Waals surface area contributed by atoms with E-state index in [2.05, 4.69) is 15.8 Å². The van der Waals surface area contributed by atoms with E-state index in [0.29, 0.717) is 22.8 Å². The molecule has 1 atom stereocenters. The molecule has 8 heteroatoms. The zero-order chi connectivity index (χ0) is 20.5. The average Bonchev–Trinajstić information content (AvgIpc) is 2.73. The fourth-order valence-corrected chi connectivity index (χ4v) is 2.48. The van der Waals surface area contributed by atoms with Gasteiger partial charge < -0.3 is 19.5 Å². The van der Waals surface area contributed by atoms with E-state index in [4.69, 9.17) is 14.2 Å². The van der Waals surface area contributed by atoms with Gasteiger partial charge in [0.2, 0.25) is 5.75 Å². The molecule has 0 heterocycles. The normalized spacial score (nSPS) is 11.6. The molecule has 0 aliphatic rings. The first-order valence-electron chi connectivity index (χ1n) is 8.49. The first-order valence-corrected chi connectivity index (χ1v) is 8.49. The van der Waals surface area contributed by atoms with Gasteiger partial charge in [-0.25, -0.2) is 5.43 Å². The predicted molar refractivity (Wildman–Crippen MR) is 105 cm³/mol. The number of nitrogens with zero attached hydrogens (tertiary/aromatic N) is 1. The van der Waals surface area contributed by atoms with Crippen molar-refractivity contribution in [3.05, 3.63) is 53.6 Å². The van der Waals surface area contributed by atoms with Crippen LogP contribution in [0.15, 0.2) is 47.6 Å². The van der Waals surface area contributed by atoms with Gasteiger partial charge in [0, 0.05) is 5.56 Å². The largest absolute Gasteiger partial charge is 0.493 e. The van der Waals surface area contributed by atoms with Crippen LogP contribution in [-0.2, 0) is 9.59 Å². The molecule has 2 aromatic rings. The first-order chi connectivity index (χ1) is 13.5. The summed E-state index contributed by atoms with van der Waals surface area (Å²) in [6.07, 6.45) is 1.37. The Labute approximate surface area is 163 Å². The number of hydrogen-bond acceptors (Lipinski definition) is 6. The van der Waals surface area contributed by atoms with Crippen LogP contribution < -0.4 is 25.0 Å². The molecule has 28 heavy (non-hydrogen) atoms. The van der Waals surface area contributed by atoms with Crippen LogP contribution >= 0.6 is 0 Å². The minimum absolute atomic E-state index is 0.307. The summed E-state index contributed by atoms with van der Waals surface area (Å²) >= 11 is 0. The van der Waals surface area contributed by atoms with Crippen molar-refractivity contribution in [1.29, 1.82) is 0 Å². The Morgan fingerprint density at radius 1 is 0.964 bits per heavy atom. The number of benzene rings is 2. The lowest BCUT2D eigenvalue weighted by Gasteiger charge is -2.13. The predicted octanol–water partition coefficient (Wildman–Crippen LogP) is 2.04. The third-order valence-electron chi connectivity index (χ3n) is 3.92. The van der Waals surface area contributed by atoms with Crippen molar-refractivity contribution in [3.8, 4) is 17.2 Å². The number of ether oxygens (including phenoxy) is 3. The van der Waals surface area contributed by atoms with Gasteiger partial charge in [0.15, 0.2) is 11.5 Å². The maximum atomic E-state index is 12.0. The third-order valence-corrected chi connectivity index (χ3v) is 3.92. The van der Waals surface area contributed by atoms with Crippen molar-refractivity contribution in [2.75, 3.05) is 21.3 Å². The van der Waals surface area contributed by atoms with Crippen LogP contribution in [0, 0.1) is 0 Å². The molecule has 0 fully saturated rings. The van der Waals surface area contributed by atoms with Gasteiger partial charge in [0.1, 0.15) is 0 Å². The monoisotopic (exact) mass is 385 g/mol. The number of rotatable bonds is 7. The highest BCUT2D eigenvalue weighted by molar-refractivity contribution is 6.35. The van der Waals surface area contributed by atoms with E-state index in [9.17, 15) is 9.59 Å². The third kappa shape index (κ3) is 5.23. The van der Waals surface area contributed by atoms with E-state index in [-0.39, 0.29) is 6.04 Å². The second-order valence-corrected chi connectivity index (χ2v) is 5.76. The molecule has 0 bridgehead atoms. The van der Waals surface area contributed by atoms with Crippen LogP contribution in [0.25, 0.3) is 0 Å². The lowest BCUT2D eigenvalue weighted by Crippen LogP contribution is -2.39. The summed E-state index contributed by atoms with van der Waals surface area (Å²) in [5.74, 6) is -0.307. The van der Waals surface area contributed by atoms with Crippen LogP contribution in [0.3, 0.4) is 0 Å². The van der Waals surface area contributed by atoms with Crippen LogP contribution in [-0.4, -0.2) is 39.4 Å². The lowest BCUT2D eigenvalue weighted by atomic mass is 10.1. The van der Waals surface area contributed by atoms with Gasteiger partial charge in [0.05, 0.1) is 33.6 Å². The van der Waals surface area contributed by atoms with Crippen molar-refractivity contribution in [1.82, 2.24) is 10.7 Å². The zero-order valence-corrected chi connectivity index (χ0v) is 16.2. The number of nitrogens with one attached hydrogen (secondary N) is 2. The van der Waals surface area contributed by atoms with Crippen LogP contribution in [0.2, 0.25) is 0 Å². The summed E-state index contributed by atoms with van der Waals surface area (Å²) in [5, 5.41) is 6.43. The van der Waals surface area contributed by atoms with E-state index in [0.717, 1.165) is 5.56 Å². The van der Waals surface area contributed by atoms with Crippen LogP contribution in [0.4, 0.5) is 0 Å². The molecule has 0 saturated carbocycles. The van der Waals surface area contributed by atoms with Gasteiger partial charge in [0.25, 0.3) is 0 Å². The Kier molecular flexibility index (Phi) is 7.38. The molecular weight excluding hydrogens is 362 g/mol. The first kappa shape index (κ1) is 20.8. The number of amides is 2. The van der Waals surface area contributed by atoms with Crippen LogP contribution in [0.1, 0.15) is 24.1 Å². The van der Waals surface area contributed by atoms with Gasteiger partial charge in [-0.3, -0.25) is 9.59 Å². The Balaban J connectivity index is 2.00. The van der Waals surface area contributed by atoms with E-state index >= 15 is 0 Å². The van der Waals surface area contributed by atoms with Gasteiger partial charge in [-0.15, -0.1) is 0 Å². The summed E-state index contributed by atoms with van der Waals surface area (Å²) < 4.78 is 15.7. The summed E-state index contributed by atoms with van der Waals surface area (Å²) in [5.41, 5.74) is 3.68. The minimum Gasteiger partial charge on any atom is -0.493 e. The molecular formula is C20H23N3O5. The lowest BCUT2D eigenvalue weighted by molar-refractivity contribution is -0.139. The summed E-state index contributed by atoms with van der Waals surface area (Å²) in [4.78, 5) is 23.9. The van der Waals surface area contributed by atoms with E-state index in [1.165, 1.54) is 27.5 Å². The maximum absolute atomic E-state index is 12.0. The Morgan fingerprint density at radius 3 is 2.11 bits per heavy atom. The summed E-state index contributed by atoms with van der Waals surface area (Å²) in [6.45, 7) is 1.79. The van der Waals surface area contributed by atoms with Crippen molar-refractivity contribution < 1.29 is 23.8 Å². The number of methoxy groups -OCH3 is 3. The van der Waals surface area contributed by atoms with Gasteiger partial charge in [-0.2, -0.15) is 5.10 Å². The molecule has 2 amide bonds. The Bertz CT molecular complexity index is 827. The van der Waals surface area contributed by atoms with Crippen molar-refractivity contribution in [2.24, 2.45) is 5.10 Å². The fraction of sp³-hybridized carbons (Fsp3) is 0.250. The van der Waals surface area contributed by atoms with E-state index in [1.54, 1.807) is 19.1 Å². The maximum Gasteiger partial charge on any atom is 0.329 e. The quantitative estimate of drug-likeness (QED) is 0.432. The highest BCUT2D eigenvalue weighted by atomic mass is 16.5.